The van der Waals surface area contributed by atoms with Crippen LogP contribution >= 0.6 is 11.3 Å². The Hall–Kier alpha value is -2.09. The van der Waals surface area contributed by atoms with Crippen LogP contribution < -0.4 is 10.2 Å². The van der Waals surface area contributed by atoms with Crippen LogP contribution in [0.25, 0.3) is 0 Å². The summed E-state index contributed by atoms with van der Waals surface area (Å²) in [5.41, 5.74) is 1.54. The third-order valence-corrected chi connectivity index (χ3v) is 4.63. The molecule has 1 aromatic heterocycles. The van der Waals surface area contributed by atoms with Gasteiger partial charge in [-0.1, -0.05) is 11.3 Å². The van der Waals surface area contributed by atoms with Gasteiger partial charge in [-0.05, 0) is 37.1 Å². The molecule has 0 spiro atoms. The highest BCUT2D eigenvalue weighted by Crippen LogP contribution is 2.31. The lowest BCUT2D eigenvalue weighted by Gasteiger charge is -2.17. The zero-order valence-electron chi connectivity index (χ0n) is 12.6. The highest BCUT2D eigenvalue weighted by Gasteiger charge is 2.29. The van der Waals surface area contributed by atoms with E-state index in [1.54, 1.807) is 12.1 Å². The van der Waals surface area contributed by atoms with Gasteiger partial charge in [-0.3, -0.25) is 10.1 Å². The number of nitrogens with zero attached hydrogens (tertiary/aromatic N) is 3. The average molecular weight is 338 g/mol. The monoisotopic (exact) mass is 338 g/mol. The maximum atomic E-state index is 13.1. The van der Waals surface area contributed by atoms with Gasteiger partial charge in [0.05, 0.1) is 0 Å². The summed E-state index contributed by atoms with van der Waals surface area (Å²) in [6.07, 6.45) is 2.37. The molecule has 1 saturated heterocycles. The summed E-state index contributed by atoms with van der Waals surface area (Å²) in [7, 11) is 0. The van der Waals surface area contributed by atoms with Crippen molar-refractivity contribution in [1.29, 1.82) is 0 Å². The van der Waals surface area contributed by atoms with Crippen molar-refractivity contribution in [1.82, 2.24) is 10.2 Å². The number of carbonyl (C=O) groups is 1. The Labute approximate surface area is 136 Å². The molecule has 1 N–H and O–H groups in total. The van der Waals surface area contributed by atoms with E-state index in [-0.39, 0.29) is 11.0 Å². The lowest BCUT2D eigenvalue weighted by Crippen LogP contribution is -2.18. The van der Waals surface area contributed by atoms with Crippen molar-refractivity contribution >= 4 is 28.1 Å². The van der Waals surface area contributed by atoms with E-state index in [0.717, 1.165) is 25.7 Å². The van der Waals surface area contributed by atoms with Crippen molar-refractivity contribution in [3.8, 4) is 0 Å². The summed E-state index contributed by atoms with van der Waals surface area (Å²) in [5, 5.41) is 9.12. The zero-order chi connectivity index (χ0) is 16.4. The van der Waals surface area contributed by atoms with Gasteiger partial charge < -0.3 is 4.90 Å². The average Bonchev–Trinajstić information content (AvgIpc) is 3.18. The van der Waals surface area contributed by atoms with Gasteiger partial charge in [0.2, 0.25) is 5.13 Å². The lowest BCUT2D eigenvalue weighted by molar-refractivity contribution is 0.0165. The van der Waals surface area contributed by atoms with Crippen LogP contribution in [0.15, 0.2) is 24.3 Å². The highest BCUT2D eigenvalue weighted by molar-refractivity contribution is 7.15. The Kier molecular flexibility index (Phi) is 4.25. The van der Waals surface area contributed by atoms with Gasteiger partial charge in [-0.15, -0.1) is 10.2 Å². The molecular weight excluding hydrogens is 322 g/mol. The molecule has 1 amide bonds. The number of alkyl halides is 2. The van der Waals surface area contributed by atoms with Gasteiger partial charge >= 0.3 is 0 Å². The molecule has 0 atom stereocenters. The summed E-state index contributed by atoms with van der Waals surface area (Å²) < 4.78 is 26.2. The van der Waals surface area contributed by atoms with E-state index in [1.165, 1.54) is 12.8 Å². The molecule has 5 nitrogen and oxygen atoms in total. The Balaban J connectivity index is 1.67. The van der Waals surface area contributed by atoms with Crippen LogP contribution in [0.1, 0.15) is 35.1 Å². The molecule has 0 bridgehead atoms. The van der Waals surface area contributed by atoms with E-state index < -0.39 is 10.9 Å². The zero-order valence-corrected chi connectivity index (χ0v) is 13.4. The number of amides is 1. The minimum atomic E-state index is -3.06. The predicted octanol–water partition coefficient (Wildman–Crippen LogP) is 3.50. The molecule has 1 aliphatic rings. The number of benzene rings is 1. The largest absolute Gasteiger partial charge is 0.372 e. The van der Waals surface area contributed by atoms with E-state index in [9.17, 15) is 13.6 Å². The SMILES string of the molecule is CC(F)(F)c1nnc(NC(=O)c2ccc(N3CCCC3)cc2)s1. The first kappa shape index (κ1) is 15.8. The number of rotatable bonds is 4. The van der Waals surface area contributed by atoms with Crippen LogP contribution in [0.2, 0.25) is 0 Å². The first-order valence-corrected chi connectivity index (χ1v) is 8.13. The van der Waals surface area contributed by atoms with Crippen molar-refractivity contribution in [2.45, 2.75) is 25.7 Å². The molecule has 1 aromatic carbocycles. The molecule has 1 fully saturated rings. The van der Waals surface area contributed by atoms with Crippen molar-refractivity contribution in [2.24, 2.45) is 0 Å². The Morgan fingerprint density at radius 2 is 1.87 bits per heavy atom. The number of carbonyl (C=O) groups excluding carboxylic acids is 1. The van der Waals surface area contributed by atoms with E-state index in [0.29, 0.717) is 16.9 Å². The van der Waals surface area contributed by atoms with Crippen LogP contribution in [0.4, 0.5) is 19.6 Å². The van der Waals surface area contributed by atoms with E-state index >= 15 is 0 Å². The number of halogens is 2. The summed E-state index contributed by atoms with van der Waals surface area (Å²) in [5.74, 6) is -3.45. The summed E-state index contributed by atoms with van der Waals surface area (Å²) in [6.45, 7) is 2.81. The Morgan fingerprint density at radius 3 is 2.43 bits per heavy atom. The van der Waals surface area contributed by atoms with Gasteiger partial charge in [0, 0.05) is 31.3 Å². The van der Waals surface area contributed by atoms with Crippen molar-refractivity contribution in [3.63, 3.8) is 0 Å². The fourth-order valence-electron chi connectivity index (χ4n) is 2.42. The van der Waals surface area contributed by atoms with Gasteiger partial charge in [0.25, 0.3) is 11.8 Å². The molecule has 0 radical (unpaired) electrons. The van der Waals surface area contributed by atoms with Crippen LogP contribution in [0.3, 0.4) is 0 Å². The first-order chi connectivity index (χ1) is 10.9. The third-order valence-electron chi connectivity index (χ3n) is 3.62. The van der Waals surface area contributed by atoms with Gasteiger partial charge in [0.15, 0.2) is 5.01 Å². The second kappa shape index (κ2) is 6.19. The van der Waals surface area contributed by atoms with Crippen molar-refractivity contribution in [3.05, 3.63) is 34.8 Å². The Morgan fingerprint density at radius 1 is 1.22 bits per heavy atom. The first-order valence-electron chi connectivity index (χ1n) is 7.31. The highest BCUT2D eigenvalue weighted by atomic mass is 32.1. The van der Waals surface area contributed by atoms with Crippen LogP contribution in [-0.4, -0.2) is 29.2 Å². The molecule has 0 saturated carbocycles. The lowest BCUT2D eigenvalue weighted by atomic mass is 10.2. The topological polar surface area (TPSA) is 58.1 Å². The van der Waals surface area contributed by atoms with E-state index in [2.05, 4.69) is 20.4 Å². The minimum absolute atomic E-state index is 0.0649. The number of hydrogen-bond donors (Lipinski definition) is 1. The van der Waals surface area contributed by atoms with Crippen LogP contribution in [-0.2, 0) is 5.92 Å². The molecule has 0 unspecified atom stereocenters. The summed E-state index contributed by atoms with van der Waals surface area (Å²) >= 11 is 0.674. The van der Waals surface area contributed by atoms with E-state index in [4.69, 9.17) is 0 Å². The maximum absolute atomic E-state index is 13.1. The molecular formula is C15H16F2N4OS. The number of anilines is 2. The minimum Gasteiger partial charge on any atom is -0.372 e. The standard InChI is InChI=1S/C15H16F2N4OS/c1-15(16,17)13-19-20-14(23-13)18-12(22)10-4-6-11(7-5-10)21-8-2-3-9-21/h4-7H,2-3,8-9H2,1H3,(H,18,20,22). The third kappa shape index (κ3) is 3.64. The molecule has 2 aromatic rings. The normalized spacial score (nSPS) is 15.0. The van der Waals surface area contributed by atoms with Gasteiger partial charge in [-0.2, -0.15) is 8.78 Å². The second-order valence-corrected chi connectivity index (χ2v) is 6.47. The molecule has 122 valence electrons. The molecule has 23 heavy (non-hydrogen) atoms. The molecule has 2 heterocycles. The summed E-state index contributed by atoms with van der Waals surface area (Å²) in [4.78, 5) is 14.4. The number of nitrogens with one attached hydrogen (secondary N) is 1. The number of aromatic nitrogens is 2. The maximum Gasteiger partial charge on any atom is 0.298 e. The summed E-state index contributed by atoms with van der Waals surface area (Å²) in [6, 6.07) is 7.23. The Bertz CT molecular complexity index is 690. The molecule has 8 heteroatoms. The van der Waals surface area contributed by atoms with Crippen LogP contribution in [0, 0.1) is 0 Å². The second-order valence-electron chi connectivity index (χ2n) is 5.50. The molecule has 0 aliphatic carbocycles. The van der Waals surface area contributed by atoms with Crippen LogP contribution in [0.5, 0.6) is 0 Å². The number of hydrogen-bond acceptors (Lipinski definition) is 5. The van der Waals surface area contributed by atoms with E-state index in [1.807, 2.05) is 12.1 Å². The quantitative estimate of drug-likeness (QED) is 0.927. The van der Waals surface area contributed by atoms with Crippen molar-refractivity contribution in [2.75, 3.05) is 23.3 Å². The fourth-order valence-corrected chi connectivity index (χ4v) is 3.09. The fraction of sp³-hybridized carbons (Fsp3) is 0.400. The van der Waals surface area contributed by atoms with Crippen molar-refractivity contribution < 1.29 is 13.6 Å². The smallest absolute Gasteiger partial charge is 0.298 e. The molecule has 1 aliphatic heterocycles. The van der Waals surface area contributed by atoms with Gasteiger partial charge in [0.1, 0.15) is 0 Å². The predicted molar refractivity (Wildman–Crippen MR) is 85.3 cm³/mol. The van der Waals surface area contributed by atoms with Gasteiger partial charge in [-0.25, -0.2) is 0 Å². The molecule has 3 rings (SSSR count).